The average Bonchev–Trinajstić information content (AvgIpc) is 2.85. The molecule has 0 bridgehead atoms. The summed E-state index contributed by atoms with van der Waals surface area (Å²) in [6.45, 7) is 0.181. The molecule has 1 aliphatic heterocycles. The van der Waals surface area contributed by atoms with Gasteiger partial charge in [-0.1, -0.05) is 11.6 Å². The lowest BCUT2D eigenvalue weighted by molar-refractivity contribution is -0.140. The number of aryl methyl sites for hydroxylation is 1. The van der Waals surface area contributed by atoms with Crippen LogP contribution in [0.1, 0.15) is 12.8 Å². The molecule has 1 aliphatic rings. The lowest BCUT2D eigenvalue weighted by Gasteiger charge is -2.20. The molecule has 1 saturated heterocycles. The molecule has 0 radical (unpaired) electrons. The van der Waals surface area contributed by atoms with Gasteiger partial charge in [-0.15, -0.1) is 0 Å². The van der Waals surface area contributed by atoms with Crippen molar-refractivity contribution in [2.45, 2.75) is 23.9 Å². The Morgan fingerprint density at radius 1 is 1.61 bits per heavy atom. The first-order chi connectivity index (χ1) is 8.35. The topological polar surface area (TPSA) is 92.5 Å². The highest BCUT2D eigenvalue weighted by Gasteiger charge is 2.41. The van der Waals surface area contributed by atoms with E-state index in [4.69, 9.17) is 16.7 Å². The molecular formula is C9H12ClN3O4S. The fourth-order valence-corrected chi connectivity index (χ4v) is 4.34. The molecule has 0 aromatic carbocycles. The molecule has 2 heterocycles. The maximum atomic E-state index is 12.4. The van der Waals surface area contributed by atoms with E-state index in [0.717, 1.165) is 8.99 Å². The van der Waals surface area contributed by atoms with E-state index < -0.39 is 22.0 Å². The zero-order valence-corrected chi connectivity index (χ0v) is 11.1. The Labute approximate surface area is 109 Å². The third-order valence-corrected chi connectivity index (χ3v) is 5.30. The molecule has 1 unspecified atom stereocenters. The van der Waals surface area contributed by atoms with Gasteiger partial charge in [0.1, 0.15) is 6.04 Å². The van der Waals surface area contributed by atoms with E-state index in [0.29, 0.717) is 12.8 Å². The van der Waals surface area contributed by atoms with E-state index in [9.17, 15) is 13.2 Å². The van der Waals surface area contributed by atoms with E-state index in [1.54, 1.807) is 0 Å². The van der Waals surface area contributed by atoms with E-state index >= 15 is 0 Å². The van der Waals surface area contributed by atoms with Gasteiger partial charge in [0.15, 0.2) is 5.03 Å². The van der Waals surface area contributed by atoms with Crippen LogP contribution in [0.15, 0.2) is 11.2 Å². The molecule has 0 amide bonds. The SMILES string of the molecule is Cn1ncc(Cl)c1S(=O)(=O)N1CCCC1C(=O)O. The van der Waals surface area contributed by atoms with Crippen molar-refractivity contribution in [2.24, 2.45) is 7.05 Å². The van der Waals surface area contributed by atoms with Gasteiger partial charge in [0.2, 0.25) is 0 Å². The van der Waals surface area contributed by atoms with E-state index in [1.807, 2.05) is 0 Å². The maximum Gasteiger partial charge on any atom is 0.322 e. The Balaban J connectivity index is 2.46. The highest BCUT2D eigenvalue weighted by atomic mass is 35.5. The third kappa shape index (κ3) is 2.00. The Hall–Kier alpha value is -1.12. The second-order valence-electron chi connectivity index (χ2n) is 4.03. The van der Waals surface area contributed by atoms with Crippen LogP contribution in [0.3, 0.4) is 0 Å². The summed E-state index contributed by atoms with van der Waals surface area (Å²) in [5.74, 6) is -1.14. The van der Waals surface area contributed by atoms with Crippen LogP contribution < -0.4 is 0 Å². The standard InChI is InChI=1S/C9H12ClN3O4S/c1-12-8(6(10)5-11-12)18(16,17)13-4-2-3-7(13)9(14)15/h5,7H,2-4H2,1H3,(H,14,15). The quantitative estimate of drug-likeness (QED) is 0.866. The molecule has 1 aromatic heterocycles. The summed E-state index contributed by atoms with van der Waals surface area (Å²) in [5, 5.41) is 12.6. The average molecular weight is 294 g/mol. The summed E-state index contributed by atoms with van der Waals surface area (Å²) >= 11 is 5.80. The summed E-state index contributed by atoms with van der Waals surface area (Å²) in [7, 11) is -2.48. The molecule has 1 N–H and O–H groups in total. The number of hydrogen-bond donors (Lipinski definition) is 1. The van der Waals surface area contributed by atoms with Gasteiger partial charge in [-0.2, -0.15) is 9.40 Å². The summed E-state index contributed by atoms with van der Waals surface area (Å²) in [6, 6.07) is -1.03. The van der Waals surface area contributed by atoms with Gasteiger partial charge in [0, 0.05) is 13.6 Å². The van der Waals surface area contributed by atoms with Crippen LogP contribution in [0.2, 0.25) is 5.02 Å². The van der Waals surface area contributed by atoms with Crippen LogP contribution in [0, 0.1) is 0 Å². The van der Waals surface area contributed by atoms with Crippen molar-refractivity contribution in [3.05, 3.63) is 11.2 Å². The molecule has 2 rings (SSSR count). The minimum absolute atomic E-state index is 0.00598. The minimum atomic E-state index is -3.93. The van der Waals surface area contributed by atoms with E-state index in [1.165, 1.54) is 13.2 Å². The van der Waals surface area contributed by atoms with Crippen LogP contribution in [0.5, 0.6) is 0 Å². The summed E-state index contributed by atoms with van der Waals surface area (Å²) in [4.78, 5) is 11.0. The summed E-state index contributed by atoms with van der Waals surface area (Å²) < 4.78 is 26.8. The number of carboxylic acid groups (broad SMARTS) is 1. The zero-order chi connectivity index (χ0) is 13.5. The lowest BCUT2D eigenvalue weighted by atomic mass is 10.2. The van der Waals surface area contributed by atoms with Crippen LogP contribution in [-0.4, -0.2) is 46.2 Å². The van der Waals surface area contributed by atoms with Crippen LogP contribution in [0.4, 0.5) is 0 Å². The zero-order valence-electron chi connectivity index (χ0n) is 9.58. The highest BCUT2D eigenvalue weighted by Crippen LogP contribution is 2.29. The Kier molecular flexibility index (Phi) is 3.35. The van der Waals surface area contributed by atoms with Crippen LogP contribution in [-0.2, 0) is 21.9 Å². The first kappa shape index (κ1) is 13.3. The normalized spacial score (nSPS) is 21.3. The number of aromatic nitrogens is 2. The van der Waals surface area contributed by atoms with Crippen molar-refractivity contribution in [1.82, 2.24) is 14.1 Å². The number of nitrogens with zero attached hydrogens (tertiary/aromatic N) is 3. The number of carbonyl (C=O) groups is 1. The van der Waals surface area contributed by atoms with Gasteiger partial charge in [-0.25, -0.2) is 8.42 Å². The van der Waals surface area contributed by atoms with Gasteiger partial charge < -0.3 is 5.11 Å². The summed E-state index contributed by atoms with van der Waals surface area (Å²) in [6.07, 6.45) is 2.05. The molecule has 1 fully saturated rings. The molecule has 100 valence electrons. The smallest absolute Gasteiger partial charge is 0.322 e. The number of sulfonamides is 1. The minimum Gasteiger partial charge on any atom is -0.480 e. The maximum absolute atomic E-state index is 12.4. The Morgan fingerprint density at radius 3 is 2.78 bits per heavy atom. The van der Waals surface area contributed by atoms with Crippen molar-refractivity contribution in [2.75, 3.05) is 6.54 Å². The van der Waals surface area contributed by atoms with Crippen molar-refractivity contribution in [3.63, 3.8) is 0 Å². The van der Waals surface area contributed by atoms with E-state index in [2.05, 4.69) is 5.10 Å². The van der Waals surface area contributed by atoms with Crippen molar-refractivity contribution in [3.8, 4) is 0 Å². The molecule has 9 heteroatoms. The summed E-state index contributed by atoms with van der Waals surface area (Å²) in [5.41, 5.74) is 0. The van der Waals surface area contributed by atoms with Gasteiger partial charge >= 0.3 is 5.97 Å². The Bertz CT molecular complexity index is 563. The number of carboxylic acids is 1. The van der Waals surface area contributed by atoms with Crippen molar-refractivity contribution in [1.29, 1.82) is 0 Å². The van der Waals surface area contributed by atoms with Crippen molar-refractivity contribution >= 4 is 27.6 Å². The number of halogens is 1. The molecule has 0 aliphatic carbocycles. The molecule has 7 nitrogen and oxygen atoms in total. The second kappa shape index (κ2) is 4.52. The fraction of sp³-hybridized carbons (Fsp3) is 0.556. The number of aliphatic carboxylic acids is 1. The second-order valence-corrected chi connectivity index (χ2v) is 6.25. The molecular weight excluding hydrogens is 282 g/mol. The molecule has 18 heavy (non-hydrogen) atoms. The number of hydrogen-bond acceptors (Lipinski definition) is 4. The monoisotopic (exact) mass is 293 g/mol. The largest absolute Gasteiger partial charge is 0.480 e. The van der Waals surface area contributed by atoms with Gasteiger partial charge in [-0.05, 0) is 12.8 Å². The Morgan fingerprint density at radius 2 is 2.28 bits per heavy atom. The van der Waals surface area contributed by atoms with Crippen LogP contribution in [0.25, 0.3) is 0 Å². The molecule has 1 aromatic rings. The predicted molar refractivity (Wildman–Crippen MR) is 62.8 cm³/mol. The molecule has 0 spiro atoms. The van der Waals surface area contributed by atoms with Gasteiger partial charge in [0.25, 0.3) is 10.0 Å². The first-order valence-corrected chi connectivity index (χ1v) is 7.09. The molecule has 0 saturated carbocycles. The fourth-order valence-electron chi connectivity index (χ4n) is 2.08. The van der Waals surface area contributed by atoms with Crippen LogP contribution >= 0.6 is 11.6 Å². The van der Waals surface area contributed by atoms with Crippen molar-refractivity contribution < 1.29 is 18.3 Å². The van der Waals surface area contributed by atoms with Gasteiger partial charge in [-0.3, -0.25) is 9.48 Å². The number of rotatable bonds is 3. The predicted octanol–water partition coefficient (Wildman–Crippen LogP) is 0.311. The van der Waals surface area contributed by atoms with E-state index in [-0.39, 0.29) is 16.6 Å². The first-order valence-electron chi connectivity index (χ1n) is 5.28. The highest BCUT2D eigenvalue weighted by molar-refractivity contribution is 7.89. The third-order valence-electron chi connectivity index (χ3n) is 2.88. The lowest BCUT2D eigenvalue weighted by Crippen LogP contribution is -2.41. The van der Waals surface area contributed by atoms with Gasteiger partial charge in [0.05, 0.1) is 11.2 Å². The molecule has 1 atom stereocenters.